The number of hydrogen-bond acceptors (Lipinski definition) is 2. The first kappa shape index (κ1) is 14.1. The van der Waals surface area contributed by atoms with Gasteiger partial charge in [0.1, 0.15) is 6.04 Å². The van der Waals surface area contributed by atoms with Gasteiger partial charge in [-0.3, -0.25) is 4.79 Å². The molecule has 0 aromatic rings. The standard InChI is InChI=1S/C6H11F2NO2.ClH/c1-6(7,8)3-4(9-2)5(10)11;/h4,9H,3H2,1-2H3,(H,10,11);1H. The number of alkyl halides is 2. The van der Waals surface area contributed by atoms with Crippen molar-refractivity contribution in [1.29, 1.82) is 0 Å². The molecule has 6 heteroatoms. The van der Waals surface area contributed by atoms with Gasteiger partial charge in [0.05, 0.1) is 0 Å². The van der Waals surface area contributed by atoms with Crippen LogP contribution in [0.1, 0.15) is 13.3 Å². The van der Waals surface area contributed by atoms with E-state index in [1.165, 1.54) is 7.05 Å². The fourth-order valence-electron chi connectivity index (χ4n) is 0.671. The Labute approximate surface area is 75.6 Å². The van der Waals surface area contributed by atoms with E-state index in [1.54, 1.807) is 0 Å². The minimum Gasteiger partial charge on any atom is -0.480 e. The Morgan fingerprint density at radius 1 is 1.67 bits per heavy atom. The monoisotopic (exact) mass is 203 g/mol. The third kappa shape index (κ3) is 6.30. The molecule has 0 amide bonds. The zero-order valence-electron chi connectivity index (χ0n) is 6.80. The maximum absolute atomic E-state index is 12.2. The van der Waals surface area contributed by atoms with Crippen LogP contribution in [0.5, 0.6) is 0 Å². The van der Waals surface area contributed by atoms with Crippen molar-refractivity contribution in [2.45, 2.75) is 25.3 Å². The van der Waals surface area contributed by atoms with Gasteiger partial charge in [-0.25, -0.2) is 8.78 Å². The number of likely N-dealkylation sites (N-methyl/N-ethyl adjacent to an activating group) is 1. The van der Waals surface area contributed by atoms with Crippen LogP contribution in [0.4, 0.5) is 8.78 Å². The number of nitrogens with one attached hydrogen (secondary N) is 1. The summed E-state index contributed by atoms with van der Waals surface area (Å²) in [6.45, 7) is 0.695. The minimum atomic E-state index is -2.94. The zero-order valence-corrected chi connectivity index (χ0v) is 7.62. The summed E-state index contributed by atoms with van der Waals surface area (Å²) in [4.78, 5) is 10.2. The molecule has 0 aliphatic carbocycles. The molecule has 0 aliphatic heterocycles. The van der Waals surface area contributed by atoms with E-state index in [-0.39, 0.29) is 12.4 Å². The topological polar surface area (TPSA) is 49.3 Å². The predicted molar refractivity (Wildman–Crippen MR) is 43.0 cm³/mol. The number of rotatable bonds is 4. The smallest absolute Gasteiger partial charge is 0.320 e. The van der Waals surface area contributed by atoms with Crippen molar-refractivity contribution >= 4 is 18.4 Å². The summed E-state index contributed by atoms with van der Waals surface area (Å²) in [7, 11) is 1.34. The fourth-order valence-corrected chi connectivity index (χ4v) is 0.671. The molecule has 0 spiro atoms. The molecule has 3 nitrogen and oxygen atoms in total. The molecular weight excluding hydrogens is 192 g/mol. The van der Waals surface area contributed by atoms with Crippen molar-refractivity contribution in [3.63, 3.8) is 0 Å². The molecule has 0 fully saturated rings. The maximum atomic E-state index is 12.2. The van der Waals surface area contributed by atoms with Gasteiger partial charge in [0.2, 0.25) is 5.92 Å². The Morgan fingerprint density at radius 2 is 2.08 bits per heavy atom. The lowest BCUT2D eigenvalue weighted by Crippen LogP contribution is -2.38. The molecule has 0 radical (unpaired) electrons. The SMILES string of the molecule is CNC(CC(C)(F)F)C(=O)O.Cl. The van der Waals surface area contributed by atoms with Crippen LogP contribution in [0.2, 0.25) is 0 Å². The first-order chi connectivity index (χ1) is 4.87. The van der Waals surface area contributed by atoms with Crippen LogP contribution in [0.25, 0.3) is 0 Å². The van der Waals surface area contributed by atoms with Crippen molar-refractivity contribution in [2.75, 3.05) is 7.05 Å². The van der Waals surface area contributed by atoms with Gasteiger partial charge in [0.15, 0.2) is 0 Å². The normalized spacial score (nSPS) is 13.3. The maximum Gasteiger partial charge on any atom is 0.320 e. The van der Waals surface area contributed by atoms with Crippen LogP contribution in [0.15, 0.2) is 0 Å². The summed E-state index contributed by atoms with van der Waals surface area (Å²) < 4.78 is 24.4. The molecule has 0 saturated heterocycles. The van der Waals surface area contributed by atoms with Crippen LogP contribution >= 0.6 is 12.4 Å². The minimum absolute atomic E-state index is 0. The van der Waals surface area contributed by atoms with E-state index in [0.29, 0.717) is 6.92 Å². The van der Waals surface area contributed by atoms with E-state index in [9.17, 15) is 13.6 Å². The summed E-state index contributed by atoms with van der Waals surface area (Å²) in [5.41, 5.74) is 0. The van der Waals surface area contributed by atoms with Crippen molar-refractivity contribution in [1.82, 2.24) is 5.32 Å². The Bertz CT molecular complexity index is 149. The Hall–Kier alpha value is -0.420. The average Bonchev–Trinajstić information content (AvgIpc) is 1.80. The molecule has 2 N–H and O–H groups in total. The molecule has 12 heavy (non-hydrogen) atoms. The molecule has 0 aromatic heterocycles. The lowest BCUT2D eigenvalue weighted by molar-refractivity contribution is -0.141. The van der Waals surface area contributed by atoms with E-state index in [2.05, 4.69) is 5.32 Å². The summed E-state index contributed by atoms with van der Waals surface area (Å²) in [6, 6.07) is -1.17. The second-order valence-corrected chi connectivity index (χ2v) is 2.45. The van der Waals surface area contributed by atoms with E-state index in [1.807, 2.05) is 0 Å². The van der Waals surface area contributed by atoms with Gasteiger partial charge in [-0.2, -0.15) is 0 Å². The van der Waals surface area contributed by atoms with E-state index >= 15 is 0 Å². The third-order valence-electron chi connectivity index (χ3n) is 1.21. The van der Waals surface area contributed by atoms with E-state index in [0.717, 1.165) is 0 Å². The number of aliphatic carboxylic acids is 1. The quantitative estimate of drug-likeness (QED) is 0.720. The second kappa shape index (κ2) is 5.27. The number of carboxylic acid groups (broad SMARTS) is 1. The molecule has 0 aliphatic rings. The van der Waals surface area contributed by atoms with Gasteiger partial charge < -0.3 is 10.4 Å². The number of carboxylic acids is 1. The molecule has 0 saturated carbocycles. The molecular formula is C6H12ClF2NO2. The molecule has 1 unspecified atom stereocenters. The summed E-state index contributed by atoms with van der Waals surface area (Å²) >= 11 is 0. The van der Waals surface area contributed by atoms with Crippen molar-refractivity contribution in [3.05, 3.63) is 0 Å². The van der Waals surface area contributed by atoms with Crippen molar-refractivity contribution in [3.8, 4) is 0 Å². The van der Waals surface area contributed by atoms with Crippen LogP contribution < -0.4 is 5.32 Å². The summed E-state index contributed by atoms with van der Waals surface area (Å²) in [5, 5.41) is 10.6. The van der Waals surface area contributed by atoms with Crippen molar-refractivity contribution < 1.29 is 18.7 Å². The molecule has 0 rings (SSSR count). The summed E-state index contributed by atoms with van der Waals surface area (Å²) in [5.74, 6) is -4.19. The lowest BCUT2D eigenvalue weighted by atomic mass is 10.1. The first-order valence-corrected chi connectivity index (χ1v) is 3.14. The average molecular weight is 204 g/mol. The van der Waals surface area contributed by atoms with Gasteiger partial charge in [0, 0.05) is 6.42 Å². The van der Waals surface area contributed by atoms with Crippen LogP contribution in [-0.2, 0) is 4.79 Å². The molecule has 74 valence electrons. The van der Waals surface area contributed by atoms with Gasteiger partial charge in [-0.05, 0) is 14.0 Å². The van der Waals surface area contributed by atoms with Gasteiger partial charge in [-0.1, -0.05) is 0 Å². The van der Waals surface area contributed by atoms with E-state index < -0.39 is 24.4 Å². The van der Waals surface area contributed by atoms with Gasteiger partial charge >= 0.3 is 5.97 Å². The second-order valence-electron chi connectivity index (χ2n) is 2.45. The van der Waals surface area contributed by atoms with Gasteiger partial charge in [0.25, 0.3) is 0 Å². The lowest BCUT2D eigenvalue weighted by Gasteiger charge is -2.15. The zero-order chi connectivity index (χ0) is 9.07. The van der Waals surface area contributed by atoms with E-state index in [4.69, 9.17) is 5.11 Å². The van der Waals surface area contributed by atoms with Crippen LogP contribution in [0, 0.1) is 0 Å². The van der Waals surface area contributed by atoms with Crippen molar-refractivity contribution in [2.24, 2.45) is 0 Å². The molecule has 1 atom stereocenters. The largest absolute Gasteiger partial charge is 0.480 e. The van der Waals surface area contributed by atoms with Crippen LogP contribution in [-0.4, -0.2) is 30.1 Å². The first-order valence-electron chi connectivity index (χ1n) is 3.14. The van der Waals surface area contributed by atoms with Crippen LogP contribution in [0.3, 0.4) is 0 Å². The Morgan fingerprint density at radius 3 is 2.17 bits per heavy atom. The number of hydrogen-bond donors (Lipinski definition) is 2. The highest BCUT2D eigenvalue weighted by Gasteiger charge is 2.29. The number of halogens is 3. The molecule has 0 heterocycles. The fraction of sp³-hybridized carbons (Fsp3) is 0.833. The summed E-state index contributed by atoms with van der Waals surface area (Å²) in [6.07, 6.45) is -0.682. The Balaban J connectivity index is 0. The third-order valence-corrected chi connectivity index (χ3v) is 1.21. The molecule has 0 bridgehead atoms. The highest BCUT2D eigenvalue weighted by atomic mass is 35.5. The van der Waals surface area contributed by atoms with Gasteiger partial charge in [-0.15, -0.1) is 12.4 Å². The number of carbonyl (C=O) groups is 1. The highest BCUT2D eigenvalue weighted by molar-refractivity contribution is 5.85. The Kier molecular flexibility index (Phi) is 6.20. The highest BCUT2D eigenvalue weighted by Crippen LogP contribution is 2.18. The molecule has 0 aromatic carbocycles. The predicted octanol–water partition coefficient (Wildman–Crippen LogP) is 1.13.